The van der Waals surface area contributed by atoms with Crippen LogP contribution in [0, 0.1) is 0 Å². The largest absolute Gasteiger partial charge is 0.339 e. The number of aryl methyl sites for hydroxylation is 2. The predicted molar refractivity (Wildman–Crippen MR) is 117 cm³/mol. The highest BCUT2D eigenvalue weighted by atomic mass is 32.1. The number of hydrogen-bond acceptors (Lipinski definition) is 8. The van der Waals surface area contributed by atoms with Crippen molar-refractivity contribution in [2.24, 2.45) is 0 Å². The van der Waals surface area contributed by atoms with Crippen molar-refractivity contribution in [1.29, 1.82) is 0 Å². The minimum absolute atomic E-state index is 0.0460. The van der Waals surface area contributed by atoms with E-state index in [0.29, 0.717) is 67.8 Å². The highest BCUT2D eigenvalue weighted by Crippen LogP contribution is 2.20. The summed E-state index contributed by atoms with van der Waals surface area (Å²) in [6.45, 7) is 5.13. The predicted octanol–water partition coefficient (Wildman–Crippen LogP) is 1.20. The fourth-order valence-corrected chi connectivity index (χ4v) is 4.84. The molecule has 1 saturated heterocycles. The van der Waals surface area contributed by atoms with Gasteiger partial charge >= 0.3 is 0 Å². The molecule has 0 bridgehead atoms. The Morgan fingerprint density at radius 3 is 2.65 bits per heavy atom. The molecule has 1 aliphatic rings. The molecule has 10 nitrogen and oxygen atoms in total. The Hall–Kier alpha value is -3.34. The second-order valence-electron chi connectivity index (χ2n) is 7.35. The number of piperazine rings is 1. The Labute approximate surface area is 181 Å². The van der Waals surface area contributed by atoms with Gasteiger partial charge in [-0.15, -0.1) is 21.5 Å². The van der Waals surface area contributed by atoms with Crippen molar-refractivity contribution in [2.75, 3.05) is 31.1 Å². The minimum atomic E-state index is -0.0460. The van der Waals surface area contributed by atoms with E-state index in [-0.39, 0.29) is 11.5 Å². The van der Waals surface area contributed by atoms with E-state index in [9.17, 15) is 9.59 Å². The number of anilines is 1. The van der Waals surface area contributed by atoms with Crippen molar-refractivity contribution in [3.05, 3.63) is 46.1 Å². The molecule has 0 N–H and O–H groups in total. The van der Waals surface area contributed by atoms with E-state index < -0.39 is 0 Å². The van der Waals surface area contributed by atoms with Gasteiger partial charge in [-0.05, 0) is 24.4 Å². The molecule has 0 spiro atoms. The first-order valence-corrected chi connectivity index (χ1v) is 11.2. The van der Waals surface area contributed by atoms with E-state index in [0.717, 1.165) is 5.52 Å². The normalized spacial score (nSPS) is 14.6. The van der Waals surface area contributed by atoms with Crippen LogP contribution in [-0.4, -0.2) is 66.1 Å². The summed E-state index contributed by atoms with van der Waals surface area (Å²) in [7, 11) is 0. The van der Waals surface area contributed by atoms with Gasteiger partial charge in [-0.1, -0.05) is 0 Å². The summed E-state index contributed by atoms with van der Waals surface area (Å²) < 4.78 is 4.22. The number of fused-ring (bicyclic) bond motifs is 3. The Morgan fingerprint density at radius 2 is 1.90 bits per heavy atom. The third-order valence-electron chi connectivity index (χ3n) is 5.63. The molecule has 5 rings (SSSR count). The van der Waals surface area contributed by atoms with Crippen LogP contribution in [-0.2, 0) is 17.8 Å². The van der Waals surface area contributed by atoms with Crippen LogP contribution in [0.3, 0.4) is 0 Å². The highest BCUT2D eigenvalue weighted by molar-refractivity contribution is 7.17. The quantitative estimate of drug-likeness (QED) is 0.461. The molecule has 4 aromatic rings. The van der Waals surface area contributed by atoms with Gasteiger partial charge in [-0.2, -0.15) is 0 Å². The first kappa shape index (κ1) is 19.6. The van der Waals surface area contributed by atoms with Crippen LogP contribution >= 0.6 is 11.3 Å². The van der Waals surface area contributed by atoms with Gasteiger partial charge in [0, 0.05) is 58.0 Å². The molecule has 0 aromatic carbocycles. The van der Waals surface area contributed by atoms with Crippen LogP contribution in [0.4, 0.5) is 5.95 Å². The smallest absolute Gasteiger partial charge is 0.272 e. The molecule has 11 heteroatoms. The fourth-order valence-electron chi connectivity index (χ4n) is 4.01. The second kappa shape index (κ2) is 8.06. The molecular weight excluding hydrogens is 416 g/mol. The van der Waals surface area contributed by atoms with Crippen molar-refractivity contribution >= 4 is 39.2 Å². The van der Waals surface area contributed by atoms with Crippen LogP contribution in [0.2, 0.25) is 0 Å². The molecule has 1 aliphatic heterocycles. The van der Waals surface area contributed by atoms with Crippen LogP contribution < -0.4 is 10.5 Å². The lowest BCUT2D eigenvalue weighted by Gasteiger charge is -2.34. The Balaban J connectivity index is 1.30. The zero-order valence-corrected chi connectivity index (χ0v) is 18.0. The van der Waals surface area contributed by atoms with Crippen molar-refractivity contribution < 1.29 is 4.79 Å². The molecule has 160 valence electrons. The highest BCUT2D eigenvalue weighted by Gasteiger charge is 2.23. The summed E-state index contributed by atoms with van der Waals surface area (Å²) in [6.07, 6.45) is 4.27. The summed E-state index contributed by atoms with van der Waals surface area (Å²) in [5.41, 5.74) is 0.758. The van der Waals surface area contributed by atoms with Crippen molar-refractivity contribution in [1.82, 2.24) is 34.0 Å². The maximum Gasteiger partial charge on any atom is 0.272 e. The zero-order valence-electron chi connectivity index (χ0n) is 17.1. The lowest BCUT2D eigenvalue weighted by Crippen LogP contribution is -2.49. The Bertz CT molecular complexity index is 1290. The third-order valence-corrected chi connectivity index (χ3v) is 6.52. The molecule has 0 radical (unpaired) electrons. The summed E-state index contributed by atoms with van der Waals surface area (Å²) in [6, 6.07) is 3.70. The second-order valence-corrected chi connectivity index (χ2v) is 8.27. The fraction of sp³-hybridized carbons (Fsp3) is 0.400. The lowest BCUT2D eigenvalue weighted by molar-refractivity contribution is -0.131. The average molecular weight is 439 g/mol. The van der Waals surface area contributed by atoms with E-state index in [4.69, 9.17) is 0 Å². The summed E-state index contributed by atoms with van der Waals surface area (Å²) in [4.78, 5) is 38.0. The molecule has 0 atom stereocenters. The zero-order chi connectivity index (χ0) is 21.4. The van der Waals surface area contributed by atoms with Crippen LogP contribution in [0.15, 0.2) is 34.7 Å². The molecule has 5 heterocycles. The number of rotatable bonds is 5. The first-order chi connectivity index (χ1) is 15.2. The van der Waals surface area contributed by atoms with Crippen molar-refractivity contribution in [2.45, 2.75) is 26.3 Å². The van der Waals surface area contributed by atoms with Crippen molar-refractivity contribution in [3.8, 4) is 0 Å². The monoisotopic (exact) mass is 438 g/mol. The molecule has 4 aromatic heterocycles. The van der Waals surface area contributed by atoms with Gasteiger partial charge in [0.2, 0.25) is 17.6 Å². The number of amides is 1. The summed E-state index contributed by atoms with van der Waals surface area (Å²) in [5.74, 6) is 2.02. The van der Waals surface area contributed by atoms with Gasteiger partial charge in [0.05, 0.1) is 5.52 Å². The summed E-state index contributed by atoms with van der Waals surface area (Å²) in [5, 5.41) is 10.5. The van der Waals surface area contributed by atoms with Gasteiger partial charge < -0.3 is 9.80 Å². The SMILES string of the molecule is CCn1c(=O)c2sccc2n2c(CCC(=O)N3CCN(c4ncccn4)CC3)nnc12. The third kappa shape index (κ3) is 3.44. The summed E-state index contributed by atoms with van der Waals surface area (Å²) >= 11 is 1.42. The molecule has 0 saturated carbocycles. The Morgan fingerprint density at radius 1 is 1.13 bits per heavy atom. The van der Waals surface area contributed by atoms with E-state index in [1.165, 1.54) is 11.3 Å². The van der Waals surface area contributed by atoms with Gasteiger partial charge in [0.25, 0.3) is 5.56 Å². The maximum atomic E-state index is 12.8. The molecule has 1 fully saturated rings. The van der Waals surface area contributed by atoms with Gasteiger partial charge in [0.1, 0.15) is 10.5 Å². The number of nitrogens with zero attached hydrogens (tertiary/aromatic N) is 8. The lowest BCUT2D eigenvalue weighted by atomic mass is 10.2. The molecule has 0 aliphatic carbocycles. The molecule has 31 heavy (non-hydrogen) atoms. The average Bonchev–Trinajstić information content (AvgIpc) is 3.46. The minimum Gasteiger partial charge on any atom is -0.339 e. The van der Waals surface area contributed by atoms with E-state index >= 15 is 0 Å². The molecule has 0 unspecified atom stereocenters. The van der Waals surface area contributed by atoms with E-state index in [2.05, 4.69) is 25.1 Å². The van der Waals surface area contributed by atoms with Crippen molar-refractivity contribution in [3.63, 3.8) is 0 Å². The van der Waals surface area contributed by atoms with Crippen LogP contribution in [0.25, 0.3) is 16.0 Å². The number of hydrogen-bond donors (Lipinski definition) is 0. The molecule has 1 amide bonds. The van der Waals surface area contributed by atoms with E-state index in [1.807, 2.05) is 27.7 Å². The van der Waals surface area contributed by atoms with Crippen LogP contribution in [0.1, 0.15) is 19.2 Å². The topological polar surface area (TPSA) is 102 Å². The van der Waals surface area contributed by atoms with E-state index in [1.54, 1.807) is 23.0 Å². The number of carbonyl (C=O) groups excluding carboxylic acids is 1. The van der Waals surface area contributed by atoms with Gasteiger partial charge in [0.15, 0.2) is 0 Å². The molecular formula is C20H22N8O2S. The standard InChI is InChI=1S/C20H22N8O2S/c1-2-27-18(30)17-14(6-13-31-17)28-15(23-24-20(27)28)4-5-16(29)25-9-11-26(12-10-25)19-21-7-3-8-22-19/h3,6-8,13H,2,4-5,9-12H2,1H3. The first-order valence-electron chi connectivity index (χ1n) is 10.3. The number of aromatic nitrogens is 6. The van der Waals surface area contributed by atoms with Gasteiger partial charge in [-0.25, -0.2) is 9.97 Å². The van der Waals surface area contributed by atoms with Gasteiger partial charge in [-0.3, -0.25) is 18.6 Å². The maximum absolute atomic E-state index is 12.8. The number of thiophene rings is 1. The Kier molecular flexibility index (Phi) is 5.10. The number of carbonyl (C=O) groups is 1. The van der Waals surface area contributed by atoms with Crippen LogP contribution in [0.5, 0.6) is 0 Å².